The first-order valence-corrected chi connectivity index (χ1v) is 11.0. The second kappa shape index (κ2) is 10.3. The lowest BCUT2D eigenvalue weighted by atomic mass is 10.0. The highest BCUT2D eigenvalue weighted by atomic mass is 35.5. The van der Waals surface area contributed by atoms with Gasteiger partial charge in [0.25, 0.3) is 5.91 Å². The summed E-state index contributed by atoms with van der Waals surface area (Å²) in [6.45, 7) is 4.40. The summed E-state index contributed by atoms with van der Waals surface area (Å²) < 4.78 is 11.3. The molecule has 1 amide bonds. The molecule has 4 rings (SSSR count). The van der Waals surface area contributed by atoms with Crippen molar-refractivity contribution in [3.05, 3.63) is 101 Å². The van der Waals surface area contributed by atoms with Gasteiger partial charge in [-0.1, -0.05) is 73.1 Å². The van der Waals surface area contributed by atoms with E-state index in [1.165, 1.54) is 0 Å². The fourth-order valence-electron chi connectivity index (χ4n) is 3.25. The maximum Gasteiger partial charge on any atom is 0.251 e. The van der Waals surface area contributed by atoms with Crippen molar-refractivity contribution < 1.29 is 14.1 Å². The molecule has 0 aliphatic rings. The van der Waals surface area contributed by atoms with Crippen molar-refractivity contribution >= 4 is 17.5 Å². The molecule has 0 bridgehead atoms. The summed E-state index contributed by atoms with van der Waals surface area (Å²) in [6.07, 6.45) is 0. The minimum Gasteiger partial charge on any atom is -0.489 e. The molecule has 0 fully saturated rings. The average molecular weight is 462 g/mol. The molecule has 168 valence electrons. The molecule has 7 heteroatoms. The summed E-state index contributed by atoms with van der Waals surface area (Å²) >= 11 is 5.91. The molecule has 1 unspecified atom stereocenters. The van der Waals surface area contributed by atoms with Crippen LogP contribution in [0.1, 0.15) is 41.7 Å². The molecule has 6 nitrogen and oxygen atoms in total. The maximum atomic E-state index is 12.9. The Hall–Kier alpha value is -3.64. The van der Waals surface area contributed by atoms with E-state index >= 15 is 0 Å². The highest BCUT2D eigenvalue weighted by Crippen LogP contribution is 2.24. The Labute approximate surface area is 197 Å². The predicted molar refractivity (Wildman–Crippen MR) is 127 cm³/mol. The van der Waals surface area contributed by atoms with Crippen LogP contribution >= 0.6 is 11.6 Å². The average Bonchev–Trinajstić information content (AvgIpc) is 3.32. The molecular formula is C26H24ClN3O3. The fraction of sp³-hybridized carbons (Fsp3) is 0.192. The molecule has 1 aromatic heterocycles. The summed E-state index contributed by atoms with van der Waals surface area (Å²) in [5.41, 5.74) is 2.38. The quantitative estimate of drug-likeness (QED) is 0.343. The molecule has 33 heavy (non-hydrogen) atoms. The van der Waals surface area contributed by atoms with Crippen molar-refractivity contribution in [2.45, 2.75) is 26.5 Å². The Morgan fingerprint density at radius 3 is 2.36 bits per heavy atom. The number of hydrogen-bond acceptors (Lipinski definition) is 5. The molecule has 4 aromatic rings. The van der Waals surface area contributed by atoms with Crippen molar-refractivity contribution in [3.63, 3.8) is 0 Å². The van der Waals surface area contributed by atoms with Gasteiger partial charge in [0, 0.05) is 16.1 Å². The summed E-state index contributed by atoms with van der Waals surface area (Å²) in [5.74, 6) is 1.37. The van der Waals surface area contributed by atoms with Gasteiger partial charge in [-0.3, -0.25) is 4.79 Å². The molecule has 1 atom stereocenters. The Kier molecular flexibility index (Phi) is 7.05. The smallest absolute Gasteiger partial charge is 0.251 e. The standard InChI is InChI=1S/C26H24ClN3O3/c1-17(2)23(26-29-24(30-33-26)19-6-4-3-5-7-19)28-25(31)20-10-14-22(15-11-20)32-16-18-8-12-21(27)13-9-18/h3-15,17,23H,16H2,1-2H3,(H,28,31). The van der Waals surface area contributed by atoms with Gasteiger partial charge in [-0.2, -0.15) is 4.98 Å². The van der Waals surface area contributed by atoms with Gasteiger partial charge in [0.2, 0.25) is 11.7 Å². The maximum absolute atomic E-state index is 12.9. The second-order valence-corrected chi connectivity index (χ2v) is 8.39. The molecule has 0 saturated heterocycles. The third-order valence-corrected chi connectivity index (χ3v) is 5.38. The lowest BCUT2D eigenvalue weighted by Gasteiger charge is -2.18. The number of amides is 1. The van der Waals surface area contributed by atoms with E-state index < -0.39 is 6.04 Å². The number of carbonyl (C=O) groups excluding carboxylic acids is 1. The predicted octanol–water partition coefficient (Wildman–Crippen LogP) is 6.10. The van der Waals surface area contributed by atoms with Gasteiger partial charge < -0.3 is 14.6 Å². The van der Waals surface area contributed by atoms with Crippen molar-refractivity contribution in [3.8, 4) is 17.1 Å². The molecule has 1 N–H and O–H groups in total. The number of hydrogen-bond donors (Lipinski definition) is 1. The molecule has 0 aliphatic carbocycles. The first-order valence-electron chi connectivity index (χ1n) is 10.7. The zero-order valence-electron chi connectivity index (χ0n) is 18.4. The van der Waals surface area contributed by atoms with Crippen LogP contribution in [0.15, 0.2) is 83.4 Å². The van der Waals surface area contributed by atoms with Crippen LogP contribution in [-0.2, 0) is 6.61 Å². The molecule has 0 spiro atoms. The third-order valence-electron chi connectivity index (χ3n) is 5.13. The molecule has 0 aliphatic heterocycles. The zero-order chi connectivity index (χ0) is 23.2. The summed E-state index contributed by atoms with van der Waals surface area (Å²) in [4.78, 5) is 17.4. The van der Waals surface area contributed by atoms with E-state index in [4.69, 9.17) is 20.9 Å². The Morgan fingerprint density at radius 1 is 1.00 bits per heavy atom. The van der Waals surface area contributed by atoms with Crippen LogP contribution in [0.25, 0.3) is 11.4 Å². The van der Waals surface area contributed by atoms with Crippen LogP contribution < -0.4 is 10.1 Å². The summed E-state index contributed by atoms with van der Waals surface area (Å²) in [5, 5.41) is 7.76. The second-order valence-electron chi connectivity index (χ2n) is 7.96. The van der Waals surface area contributed by atoms with Gasteiger partial charge in [0.1, 0.15) is 18.4 Å². The topological polar surface area (TPSA) is 77.2 Å². The van der Waals surface area contributed by atoms with E-state index in [2.05, 4.69) is 15.5 Å². The van der Waals surface area contributed by atoms with Gasteiger partial charge in [0.05, 0.1) is 0 Å². The number of benzene rings is 3. The molecule has 1 heterocycles. The Morgan fingerprint density at radius 2 is 1.70 bits per heavy atom. The lowest BCUT2D eigenvalue weighted by molar-refractivity contribution is 0.0914. The first-order chi connectivity index (χ1) is 16.0. The van der Waals surface area contributed by atoms with E-state index in [1.807, 2.05) is 68.4 Å². The van der Waals surface area contributed by atoms with Crippen LogP contribution in [-0.4, -0.2) is 16.0 Å². The zero-order valence-corrected chi connectivity index (χ0v) is 19.1. The third kappa shape index (κ3) is 5.79. The van der Waals surface area contributed by atoms with Crippen LogP contribution in [0.5, 0.6) is 5.75 Å². The van der Waals surface area contributed by atoms with Gasteiger partial charge in [-0.25, -0.2) is 0 Å². The molecule has 0 saturated carbocycles. The number of rotatable bonds is 8. The van der Waals surface area contributed by atoms with Crippen molar-refractivity contribution in [1.82, 2.24) is 15.5 Å². The number of nitrogens with zero attached hydrogens (tertiary/aromatic N) is 2. The normalized spacial score (nSPS) is 11.9. The number of ether oxygens (including phenoxy) is 1. The number of nitrogens with one attached hydrogen (secondary N) is 1. The van der Waals surface area contributed by atoms with Crippen molar-refractivity contribution in [2.24, 2.45) is 5.92 Å². The molecule has 3 aromatic carbocycles. The van der Waals surface area contributed by atoms with E-state index in [9.17, 15) is 4.79 Å². The van der Waals surface area contributed by atoms with Crippen LogP contribution in [0, 0.1) is 5.92 Å². The van der Waals surface area contributed by atoms with E-state index in [0.717, 1.165) is 11.1 Å². The summed E-state index contributed by atoms with van der Waals surface area (Å²) in [7, 11) is 0. The van der Waals surface area contributed by atoms with Gasteiger partial charge in [-0.05, 0) is 47.9 Å². The Bertz CT molecular complexity index is 1190. The monoisotopic (exact) mass is 461 g/mol. The van der Waals surface area contributed by atoms with Gasteiger partial charge in [-0.15, -0.1) is 0 Å². The number of carbonyl (C=O) groups is 1. The summed E-state index contributed by atoms with van der Waals surface area (Å²) in [6, 6.07) is 23.6. The SMILES string of the molecule is CC(C)C(NC(=O)c1ccc(OCc2ccc(Cl)cc2)cc1)c1nc(-c2ccccc2)no1. The number of halogens is 1. The molecular weight excluding hydrogens is 438 g/mol. The fourth-order valence-corrected chi connectivity index (χ4v) is 3.38. The largest absolute Gasteiger partial charge is 0.489 e. The van der Waals surface area contributed by atoms with Gasteiger partial charge >= 0.3 is 0 Å². The van der Waals surface area contributed by atoms with Crippen LogP contribution in [0.3, 0.4) is 0 Å². The van der Waals surface area contributed by atoms with E-state index in [-0.39, 0.29) is 11.8 Å². The van der Waals surface area contributed by atoms with E-state index in [1.54, 1.807) is 24.3 Å². The Balaban J connectivity index is 1.40. The van der Waals surface area contributed by atoms with E-state index in [0.29, 0.717) is 34.7 Å². The van der Waals surface area contributed by atoms with Crippen molar-refractivity contribution in [2.75, 3.05) is 0 Å². The minimum atomic E-state index is -0.414. The first kappa shape index (κ1) is 22.6. The van der Waals surface area contributed by atoms with Crippen LogP contribution in [0.2, 0.25) is 5.02 Å². The lowest BCUT2D eigenvalue weighted by Crippen LogP contribution is -2.32. The van der Waals surface area contributed by atoms with Gasteiger partial charge in [0.15, 0.2) is 0 Å². The van der Waals surface area contributed by atoms with Crippen LogP contribution in [0.4, 0.5) is 0 Å². The highest BCUT2D eigenvalue weighted by Gasteiger charge is 2.25. The number of aromatic nitrogens is 2. The highest BCUT2D eigenvalue weighted by molar-refractivity contribution is 6.30. The van der Waals surface area contributed by atoms with Crippen molar-refractivity contribution in [1.29, 1.82) is 0 Å². The minimum absolute atomic E-state index is 0.0556. The molecule has 0 radical (unpaired) electrons.